The normalized spacial score (nSPS) is 28.3. The SMILES string of the molecule is C[C@@H]1CCc2c(sc(NC(=O)C3(F)C(F)(F)C(F)(F)C(F)(F)C(F)(F)C3(F)F)c2C#N)C1. The lowest BCUT2D eigenvalue weighted by molar-refractivity contribution is -0.475. The molecule has 0 aliphatic heterocycles. The number of halogens is 11. The summed E-state index contributed by atoms with van der Waals surface area (Å²) in [4.78, 5) is 12.5. The van der Waals surface area contributed by atoms with Crippen molar-refractivity contribution in [2.45, 2.75) is 61.5 Å². The first kappa shape index (κ1) is 24.5. The van der Waals surface area contributed by atoms with Crippen LogP contribution in [-0.2, 0) is 17.6 Å². The number of fused-ring (bicyclic) bond motifs is 1. The van der Waals surface area contributed by atoms with Crippen LogP contribution < -0.4 is 5.32 Å². The van der Waals surface area contributed by atoms with Crippen LogP contribution in [-0.4, -0.2) is 41.2 Å². The Morgan fingerprint density at radius 3 is 1.88 bits per heavy atom. The molecule has 0 aromatic carbocycles. The third-order valence-electron chi connectivity index (χ3n) is 5.61. The fraction of sp³-hybridized carbons (Fsp3) is 0.647. The lowest BCUT2D eigenvalue weighted by Crippen LogP contribution is -2.86. The maximum Gasteiger partial charge on any atom is 0.384 e. The number of hydrogen-bond acceptors (Lipinski definition) is 3. The van der Waals surface area contributed by atoms with Crippen molar-refractivity contribution < 1.29 is 53.1 Å². The number of carbonyl (C=O) groups is 1. The summed E-state index contributed by atoms with van der Waals surface area (Å²) in [6, 6.07) is 1.51. The molecule has 2 aliphatic carbocycles. The van der Waals surface area contributed by atoms with Gasteiger partial charge in [-0.25, -0.2) is 4.39 Å². The molecule has 15 heteroatoms. The zero-order valence-electron chi connectivity index (χ0n) is 15.6. The minimum absolute atomic E-state index is 0.0374. The number of thiophene rings is 1. The molecule has 1 aromatic rings. The highest BCUT2D eigenvalue weighted by atomic mass is 32.1. The van der Waals surface area contributed by atoms with Crippen LogP contribution in [0.3, 0.4) is 0 Å². The highest BCUT2D eigenvalue weighted by Crippen LogP contribution is 2.69. The van der Waals surface area contributed by atoms with E-state index in [1.54, 1.807) is 6.92 Å². The maximum absolute atomic E-state index is 14.8. The average Bonchev–Trinajstić information content (AvgIpc) is 3.01. The van der Waals surface area contributed by atoms with Crippen molar-refractivity contribution in [2.24, 2.45) is 5.92 Å². The number of anilines is 1. The molecule has 0 radical (unpaired) electrons. The van der Waals surface area contributed by atoms with Gasteiger partial charge in [-0.2, -0.15) is 49.2 Å². The standard InChI is InChI=1S/C17H11F11N2OS/c1-6-2-3-7-8(5-29)10(32-9(7)4-6)30-11(31)12(18)13(19,20)15(23,24)17(27,28)16(25,26)14(12,21)22/h6H,2-4H2,1H3,(H,30,31)/t6-/m1/s1. The molecule has 32 heavy (non-hydrogen) atoms. The summed E-state index contributed by atoms with van der Waals surface area (Å²) < 4.78 is 152. The Morgan fingerprint density at radius 2 is 1.41 bits per heavy atom. The second-order valence-electron chi connectivity index (χ2n) is 7.65. The molecule has 1 aromatic heterocycles. The Bertz CT molecular complexity index is 981. The van der Waals surface area contributed by atoms with Crippen LogP contribution in [0, 0.1) is 17.2 Å². The summed E-state index contributed by atoms with van der Waals surface area (Å²) in [5.41, 5.74) is -7.03. The van der Waals surface area contributed by atoms with E-state index in [0.29, 0.717) is 22.6 Å². The van der Waals surface area contributed by atoms with E-state index in [4.69, 9.17) is 0 Å². The lowest BCUT2D eigenvalue weighted by Gasteiger charge is -2.51. The predicted molar refractivity (Wildman–Crippen MR) is 87.4 cm³/mol. The summed E-state index contributed by atoms with van der Waals surface area (Å²) in [6.45, 7) is 1.77. The molecule has 1 fully saturated rings. The summed E-state index contributed by atoms with van der Waals surface area (Å²) in [6.07, 6.45) is 1.00. The molecule has 178 valence electrons. The van der Waals surface area contributed by atoms with Gasteiger partial charge in [0.15, 0.2) is 0 Å². The molecule has 1 atom stereocenters. The lowest BCUT2D eigenvalue weighted by atomic mass is 9.71. The van der Waals surface area contributed by atoms with Crippen LogP contribution in [0.4, 0.5) is 53.3 Å². The predicted octanol–water partition coefficient (Wildman–Crippen LogP) is 5.58. The van der Waals surface area contributed by atoms with Crippen LogP contribution in [0.5, 0.6) is 0 Å². The van der Waals surface area contributed by atoms with Gasteiger partial charge in [-0.1, -0.05) is 6.92 Å². The number of rotatable bonds is 2. The zero-order chi connectivity index (χ0) is 24.7. The van der Waals surface area contributed by atoms with Crippen molar-refractivity contribution in [3.05, 3.63) is 16.0 Å². The van der Waals surface area contributed by atoms with Crippen molar-refractivity contribution in [3.63, 3.8) is 0 Å². The van der Waals surface area contributed by atoms with E-state index in [0.717, 1.165) is 5.32 Å². The summed E-state index contributed by atoms with van der Waals surface area (Å²) in [5.74, 6) is -40.1. The number of carbonyl (C=O) groups excluding carboxylic acids is 1. The molecular formula is C17H11F11N2OS. The zero-order valence-corrected chi connectivity index (χ0v) is 16.4. The molecule has 1 saturated carbocycles. The topological polar surface area (TPSA) is 52.9 Å². The second-order valence-corrected chi connectivity index (χ2v) is 8.76. The van der Waals surface area contributed by atoms with Gasteiger partial charge in [-0.15, -0.1) is 11.3 Å². The van der Waals surface area contributed by atoms with Crippen molar-refractivity contribution in [1.82, 2.24) is 0 Å². The Kier molecular flexibility index (Phi) is 5.14. The van der Waals surface area contributed by atoms with E-state index >= 15 is 0 Å². The van der Waals surface area contributed by atoms with Gasteiger partial charge in [-0.3, -0.25) is 4.79 Å². The third-order valence-corrected chi connectivity index (χ3v) is 6.78. The summed E-state index contributed by atoms with van der Waals surface area (Å²) in [5, 5.41) is 9.47. The van der Waals surface area contributed by atoms with Gasteiger partial charge in [-0.05, 0) is 30.7 Å². The monoisotopic (exact) mass is 500 g/mol. The van der Waals surface area contributed by atoms with Crippen molar-refractivity contribution >= 4 is 22.2 Å². The van der Waals surface area contributed by atoms with Gasteiger partial charge in [0.2, 0.25) is 0 Å². The van der Waals surface area contributed by atoms with E-state index in [1.807, 2.05) is 0 Å². The van der Waals surface area contributed by atoms with Crippen molar-refractivity contribution in [1.29, 1.82) is 5.26 Å². The minimum Gasteiger partial charge on any atom is -0.313 e. The first-order valence-corrected chi connectivity index (χ1v) is 9.58. The van der Waals surface area contributed by atoms with Gasteiger partial charge in [0.25, 0.3) is 5.91 Å². The number of nitrogens with one attached hydrogen (secondary N) is 1. The van der Waals surface area contributed by atoms with Crippen molar-refractivity contribution in [2.75, 3.05) is 5.32 Å². The maximum atomic E-state index is 14.8. The minimum atomic E-state index is -7.40. The fourth-order valence-corrected chi connectivity index (χ4v) is 5.01. The molecule has 0 unspecified atom stereocenters. The molecule has 3 nitrogen and oxygen atoms in total. The molecule has 1 heterocycles. The van der Waals surface area contributed by atoms with Crippen LogP contribution in [0.15, 0.2) is 0 Å². The van der Waals surface area contributed by atoms with Gasteiger partial charge in [0.1, 0.15) is 11.1 Å². The molecule has 0 saturated heterocycles. The molecule has 2 aliphatic rings. The van der Waals surface area contributed by atoms with E-state index in [2.05, 4.69) is 0 Å². The van der Waals surface area contributed by atoms with Gasteiger partial charge < -0.3 is 5.32 Å². The van der Waals surface area contributed by atoms with Gasteiger partial charge in [0, 0.05) is 4.88 Å². The summed E-state index contributed by atoms with van der Waals surface area (Å²) >= 11 is 0.447. The van der Waals surface area contributed by atoms with Crippen LogP contribution in [0.1, 0.15) is 29.3 Å². The quantitative estimate of drug-likeness (QED) is 0.539. The fourth-order valence-electron chi connectivity index (χ4n) is 3.65. The summed E-state index contributed by atoms with van der Waals surface area (Å²) in [7, 11) is 0. The number of amides is 1. The Hall–Kier alpha value is -2.11. The first-order chi connectivity index (χ1) is 14.3. The second kappa shape index (κ2) is 6.71. The third kappa shape index (κ3) is 2.55. The van der Waals surface area contributed by atoms with E-state index in [-0.39, 0.29) is 24.3 Å². The Labute approximate surface area is 176 Å². The number of hydrogen-bond donors (Lipinski definition) is 1. The van der Waals surface area contributed by atoms with Gasteiger partial charge in [0.05, 0.1) is 5.56 Å². The van der Waals surface area contributed by atoms with E-state index in [1.165, 1.54) is 6.07 Å². The van der Waals surface area contributed by atoms with Crippen LogP contribution in [0.25, 0.3) is 0 Å². The molecule has 0 spiro atoms. The molecule has 1 N–H and O–H groups in total. The largest absolute Gasteiger partial charge is 0.384 e. The van der Waals surface area contributed by atoms with E-state index < -0.39 is 51.8 Å². The first-order valence-electron chi connectivity index (χ1n) is 8.77. The highest BCUT2D eigenvalue weighted by Gasteiger charge is 3.02. The van der Waals surface area contributed by atoms with Crippen molar-refractivity contribution in [3.8, 4) is 6.07 Å². The Balaban J connectivity index is 2.14. The smallest absolute Gasteiger partial charge is 0.313 e. The molecule has 1 amide bonds. The van der Waals surface area contributed by atoms with E-state index in [9.17, 15) is 58.4 Å². The molecule has 0 bridgehead atoms. The average molecular weight is 500 g/mol. The van der Waals surface area contributed by atoms with Crippen LogP contribution >= 0.6 is 11.3 Å². The highest BCUT2D eigenvalue weighted by molar-refractivity contribution is 7.16. The Morgan fingerprint density at radius 1 is 0.938 bits per heavy atom. The van der Waals surface area contributed by atoms with Crippen LogP contribution in [0.2, 0.25) is 0 Å². The molecule has 3 rings (SSSR count). The van der Waals surface area contributed by atoms with Gasteiger partial charge >= 0.3 is 35.3 Å². The number of nitriles is 1. The number of nitrogens with zero attached hydrogens (tertiary/aromatic N) is 1. The molecular weight excluding hydrogens is 489 g/mol. The number of alkyl halides is 11.